The van der Waals surface area contributed by atoms with Gasteiger partial charge in [0, 0.05) is 30.7 Å². The van der Waals surface area contributed by atoms with Gasteiger partial charge in [-0.3, -0.25) is 4.90 Å². The molecule has 3 N–H and O–H groups in total. The molecule has 1 atom stereocenters. The van der Waals surface area contributed by atoms with Crippen molar-refractivity contribution in [1.29, 1.82) is 0 Å². The molecule has 0 saturated carbocycles. The van der Waals surface area contributed by atoms with Gasteiger partial charge in [0.2, 0.25) is 0 Å². The van der Waals surface area contributed by atoms with E-state index in [0.717, 1.165) is 30.3 Å². The molecule has 1 aromatic rings. The van der Waals surface area contributed by atoms with E-state index in [1.165, 1.54) is 24.4 Å². The molecular weight excluding hydrogens is 236 g/mol. The summed E-state index contributed by atoms with van der Waals surface area (Å²) in [6.07, 6.45) is 2.53. The first-order chi connectivity index (χ1) is 8.20. The lowest BCUT2D eigenvalue weighted by atomic mass is 10.2. The molecule has 1 unspecified atom stereocenters. The summed E-state index contributed by atoms with van der Waals surface area (Å²) in [4.78, 5) is 4.71. The van der Waals surface area contributed by atoms with E-state index in [0.29, 0.717) is 6.04 Å². The number of rotatable bonds is 5. The van der Waals surface area contributed by atoms with Crippen molar-refractivity contribution in [2.45, 2.75) is 25.4 Å². The summed E-state index contributed by atoms with van der Waals surface area (Å²) in [6.45, 7) is 3.08. The average molecular weight is 256 g/mol. The molecule has 2 rings (SSSR count). The van der Waals surface area contributed by atoms with E-state index in [2.05, 4.69) is 38.9 Å². The van der Waals surface area contributed by atoms with Crippen LogP contribution in [0.15, 0.2) is 0 Å². The van der Waals surface area contributed by atoms with E-state index in [4.69, 9.17) is 5.84 Å². The van der Waals surface area contributed by atoms with Gasteiger partial charge in [-0.25, -0.2) is 5.84 Å². The first kappa shape index (κ1) is 12.7. The van der Waals surface area contributed by atoms with E-state index in [9.17, 15) is 0 Å². The highest BCUT2D eigenvalue weighted by Gasteiger charge is 2.26. The van der Waals surface area contributed by atoms with Crippen molar-refractivity contribution >= 4 is 16.5 Å². The molecule has 17 heavy (non-hydrogen) atoms. The molecule has 1 aromatic heterocycles. The topological polar surface area (TPSA) is 70.3 Å². The highest BCUT2D eigenvalue weighted by molar-refractivity contribution is 7.10. The van der Waals surface area contributed by atoms with Crippen LogP contribution in [-0.2, 0) is 6.54 Å². The fourth-order valence-corrected chi connectivity index (χ4v) is 2.83. The number of nitrogen functional groups attached to an aromatic ring is 1. The average Bonchev–Trinajstić information content (AvgIpc) is 2.88. The predicted molar refractivity (Wildman–Crippen MR) is 69.7 cm³/mol. The lowest BCUT2D eigenvalue weighted by Crippen LogP contribution is -2.37. The van der Waals surface area contributed by atoms with Crippen LogP contribution < -0.4 is 11.3 Å². The van der Waals surface area contributed by atoms with E-state index in [1.54, 1.807) is 0 Å². The Morgan fingerprint density at radius 1 is 1.59 bits per heavy atom. The Balaban J connectivity index is 1.97. The maximum atomic E-state index is 5.44. The zero-order valence-corrected chi connectivity index (χ0v) is 11.2. The third kappa shape index (κ3) is 3.12. The molecule has 1 aliphatic heterocycles. The Kier molecular flexibility index (Phi) is 4.27. The van der Waals surface area contributed by atoms with E-state index in [-0.39, 0.29) is 0 Å². The second kappa shape index (κ2) is 5.72. The van der Waals surface area contributed by atoms with Crippen LogP contribution >= 0.6 is 11.5 Å². The molecule has 1 saturated heterocycles. The molecule has 0 amide bonds. The lowest BCUT2D eigenvalue weighted by Gasteiger charge is -2.26. The highest BCUT2D eigenvalue weighted by Crippen LogP contribution is 2.24. The zero-order chi connectivity index (χ0) is 12.3. The van der Waals surface area contributed by atoms with E-state index in [1.807, 2.05) is 0 Å². The quantitative estimate of drug-likeness (QED) is 0.585. The van der Waals surface area contributed by atoms with Crippen molar-refractivity contribution in [3.8, 4) is 0 Å². The van der Waals surface area contributed by atoms with Gasteiger partial charge < -0.3 is 10.3 Å². The summed E-state index contributed by atoms with van der Waals surface area (Å²) in [5.74, 6) is 5.44. The molecule has 1 aliphatic rings. The second-order valence-corrected chi connectivity index (χ2v) is 5.48. The van der Waals surface area contributed by atoms with Crippen LogP contribution in [0.5, 0.6) is 0 Å². The van der Waals surface area contributed by atoms with Crippen LogP contribution in [0.1, 0.15) is 18.5 Å². The maximum absolute atomic E-state index is 5.44. The van der Waals surface area contributed by atoms with Crippen molar-refractivity contribution in [1.82, 2.24) is 19.4 Å². The fraction of sp³-hybridized carbons (Fsp3) is 0.800. The lowest BCUT2D eigenvalue weighted by molar-refractivity contribution is 0.199. The number of anilines is 1. The molecular formula is C10H20N6S. The minimum Gasteiger partial charge on any atom is -0.313 e. The molecule has 0 bridgehead atoms. The Morgan fingerprint density at radius 2 is 2.41 bits per heavy atom. The van der Waals surface area contributed by atoms with Crippen LogP contribution in [0.25, 0.3) is 0 Å². The Hall–Kier alpha value is -0.760. The van der Waals surface area contributed by atoms with Gasteiger partial charge in [-0.2, -0.15) is 0 Å². The minimum atomic E-state index is 0.623. The fourth-order valence-electron chi connectivity index (χ4n) is 2.35. The number of nitrogens with zero attached hydrogens (tertiary/aromatic N) is 4. The molecule has 96 valence electrons. The molecule has 7 heteroatoms. The summed E-state index contributed by atoms with van der Waals surface area (Å²) in [5, 5.41) is 5.01. The highest BCUT2D eigenvalue weighted by atomic mass is 32.1. The van der Waals surface area contributed by atoms with Crippen LogP contribution in [0, 0.1) is 0 Å². The third-order valence-electron chi connectivity index (χ3n) is 3.11. The van der Waals surface area contributed by atoms with Gasteiger partial charge >= 0.3 is 0 Å². The molecule has 6 nitrogen and oxygen atoms in total. The van der Waals surface area contributed by atoms with Gasteiger partial charge in [-0.1, -0.05) is 4.49 Å². The van der Waals surface area contributed by atoms with Crippen LogP contribution in [0.2, 0.25) is 0 Å². The number of nitrogens with two attached hydrogens (primary N) is 1. The van der Waals surface area contributed by atoms with Crippen molar-refractivity contribution in [3.05, 3.63) is 5.69 Å². The van der Waals surface area contributed by atoms with Crippen molar-refractivity contribution in [3.63, 3.8) is 0 Å². The number of likely N-dealkylation sites (tertiary alicyclic amines) is 1. The number of nitrogens with one attached hydrogen (secondary N) is 1. The Morgan fingerprint density at radius 3 is 3.12 bits per heavy atom. The molecule has 2 heterocycles. The number of hydrogen-bond acceptors (Lipinski definition) is 7. The van der Waals surface area contributed by atoms with Gasteiger partial charge in [-0.15, -0.1) is 5.10 Å². The van der Waals surface area contributed by atoms with E-state index < -0.39 is 0 Å². The third-order valence-corrected chi connectivity index (χ3v) is 3.81. The van der Waals surface area contributed by atoms with Gasteiger partial charge in [0.05, 0.1) is 0 Å². The van der Waals surface area contributed by atoms with Gasteiger partial charge in [0.15, 0.2) is 0 Å². The first-order valence-electron chi connectivity index (χ1n) is 5.87. The van der Waals surface area contributed by atoms with Crippen LogP contribution in [-0.4, -0.2) is 52.6 Å². The molecule has 0 aliphatic carbocycles. The summed E-state index contributed by atoms with van der Waals surface area (Å²) >= 11 is 1.31. The number of likely N-dealkylation sites (N-methyl/N-ethyl adjacent to an activating group) is 1. The minimum absolute atomic E-state index is 0.623. The number of aromatic nitrogens is 2. The van der Waals surface area contributed by atoms with Gasteiger partial charge in [-0.05, 0) is 33.5 Å². The largest absolute Gasteiger partial charge is 0.313 e. The van der Waals surface area contributed by atoms with Gasteiger partial charge in [0.25, 0.3) is 0 Å². The van der Waals surface area contributed by atoms with Crippen LogP contribution in [0.4, 0.5) is 5.00 Å². The molecule has 1 fully saturated rings. The molecule has 0 radical (unpaired) electrons. The first-order valence-corrected chi connectivity index (χ1v) is 6.64. The zero-order valence-electron chi connectivity index (χ0n) is 10.4. The standard InChI is InChI=1S/C10H20N6S/c1-15(2)6-8-4-3-5-16(8)7-9-10(12-11)17-14-13-9/h8,12H,3-7,11H2,1-2H3. The SMILES string of the molecule is CN(C)CC1CCCN1Cc1nnsc1NN. The second-order valence-electron chi connectivity index (χ2n) is 4.72. The van der Waals surface area contributed by atoms with Crippen LogP contribution in [0.3, 0.4) is 0 Å². The molecule has 0 aromatic carbocycles. The molecule has 0 spiro atoms. The van der Waals surface area contributed by atoms with E-state index >= 15 is 0 Å². The normalized spacial score (nSPS) is 21.3. The maximum Gasteiger partial charge on any atom is 0.148 e. The van der Waals surface area contributed by atoms with Crippen molar-refractivity contribution in [2.75, 3.05) is 32.6 Å². The smallest absolute Gasteiger partial charge is 0.148 e. The Labute approximate surface area is 106 Å². The predicted octanol–water partition coefficient (Wildman–Crippen LogP) is 0.350. The summed E-state index contributed by atoms with van der Waals surface area (Å²) < 4.78 is 3.93. The summed E-state index contributed by atoms with van der Waals surface area (Å²) in [6, 6.07) is 0.623. The monoisotopic (exact) mass is 256 g/mol. The van der Waals surface area contributed by atoms with Crippen molar-refractivity contribution in [2.24, 2.45) is 5.84 Å². The number of hydrogen-bond donors (Lipinski definition) is 2. The Bertz CT molecular complexity index is 352. The van der Waals surface area contributed by atoms with Crippen molar-refractivity contribution < 1.29 is 0 Å². The van der Waals surface area contributed by atoms with Gasteiger partial charge in [0.1, 0.15) is 10.7 Å². The number of hydrazine groups is 1. The summed E-state index contributed by atoms with van der Waals surface area (Å²) in [7, 11) is 4.24. The summed E-state index contributed by atoms with van der Waals surface area (Å²) in [5.41, 5.74) is 3.62.